The molecule has 0 amide bonds. The van der Waals surface area contributed by atoms with Gasteiger partial charge >= 0.3 is 5.97 Å². The number of rotatable bonds is 16. The van der Waals surface area contributed by atoms with Crippen molar-refractivity contribution >= 4 is 5.97 Å². The molecule has 0 spiro atoms. The van der Waals surface area contributed by atoms with Gasteiger partial charge in [0.25, 0.3) is 0 Å². The van der Waals surface area contributed by atoms with Crippen molar-refractivity contribution in [2.45, 2.75) is 116 Å². The molecule has 0 N–H and O–H groups in total. The lowest BCUT2D eigenvalue weighted by Crippen LogP contribution is -2.32. The molecule has 7 nitrogen and oxygen atoms in total. The summed E-state index contributed by atoms with van der Waals surface area (Å²) in [6, 6.07) is 10.1. The Hall–Kier alpha value is -2.03. The van der Waals surface area contributed by atoms with Crippen LogP contribution in [0.5, 0.6) is 0 Å². The second-order valence-corrected chi connectivity index (χ2v) is 13.5. The van der Waals surface area contributed by atoms with Gasteiger partial charge in [0.15, 0.2) is 12.6 Å². The van der Waals surface area contributed by atoms with Gasteiger partial charge in [0.05, 0.1) is 32.5 Å². The first kappa shape index (κ1) is 34.3. The maximum absolute atomic E-state index is 13.0. The first-order chi connectivity index (χ1) is 22.1. The maximum atomic E-state index is 13.0. The number of benzene rings is 1. The molecule has 3 fully saturated rings. The summed E-state index contributed by atoms with van der Waals surface area (Å²) < 4.78 is 36.7. The molecule has 4 unspecified atom stereocenters. The fourth-order valence-corrected chi connectivity index (χ4v) is 7.57. The minimum atomic E-state index is -0.399. The van der Waals surface area contributed by atoms with Gasteiger partial charge in [-0.1, -0.05) is 80.8 Å². The molecule has 2 heterocycles. The highest BCUT2D eigenvalue weighted by Crippen LogP contribution is 2.50. The molecule has 9 atom stereocenters. The molecule has 2 saturated heterocycles. The van der Waals surface area contributed by atoms with Crippen LogP contribution < -0.4 is 0 Å². The van der Waals surface area contributed by atoms with Crippen LogP contribution >= 0.6 is 0 Å². The van der Waals surface area contributed by atoms with Crippen LogP contribution in [-0.2, 0) is 39.8 Å². The van der Waals surface area contributed by atoms with E-state index in [9.17, 15) is 4.79 Å². The van der Waals surface area contributed by atoms with E-state index in [2.05, 4.69) is 32.1 Å². The summed E-state index contributed by atoms with van der Waals surface area (Å²) >= 11 is 0. The zero-order valence-electron chi connectivity index (χ0n) is 27.8. The van der Waals surface area contributed by atoms with Gasteiger partial charge in [-0.05, 0) is 81.1 Å². The maximum Gasteiger partial charge on any atom is 0.315 e. The lowest BCUT2D eigenvalue weighted by Gasteiger charge is -2.31. The number of carbonyl (C=O) groups is 1. The third-order valence-electron chi connectivity index (χ3n) is 10.2. The number of unbranched alkanes of at least 4 members (excludes halogenated alkanes) is 1. The second kappa shape index (κ2) is 17.8. The Balaban J connectivity index is 1.31. The van der Waals surface area contributed by atoms with Gasteiger partial charge in [0.2, 0.25) is 0 Å². The van der Waals surface area contributed by atoms with Gasteiger partial charge in [0, 0.05) is 19.1 Å². The third kappa shape index (κ3) is 9.74. The van der Waals surface area contributed by atoms with Gasteiger partial charge in [0.1, 0.15) is 5.92 Å². The lowest BCUT2D eigenvalue weighted by molar-refractivity contribution is -0.193. The molecule has 0 aromatic heterocycles. The summed E-state index contributed by atoms with van der Waals surface area (Å²) in [6.45, 7) is 6.88. The Bertz CT molecular complexity index is 1070. The minimum absolute atomic E-state index is 0.00619. The normalized spacial score (nSPS) is 30.5. The van der Waals surface area contributed by atoms with E-state index in [1.807, 2.05) is 30.3 Å². The van der Waals surface area contributed by atoms with Crippen LogP contribution in [0.3, 0.4) is 0 Å². The topological polar surface area (TPSA) is 72.5 Å². The standard InChI is InChI=1S/C38H56O7/c1-4-5-13-27(2)34(44-36-16-9-11-20-42-36)19-18-31-32-23-29(22-30(32)24-35(31)45-37-17-10-12-21-43-37)33(38(39)40-3)26-41-25-28-14-7-6-8-15-28/h6-8,14-15,18-19,22,27,30-37H,4-5,9-13,16-17,20-21,23-26H2,1-3H3/b19-18+/t27?,30-,31+,32-,33?,34+,35+,36?,37?/m0/s1. The summed E-state index contributed by atoms with van der Waals surface area (Å²) in [7, 11) is 1.47. The highest BCUT2D eigenvalue weighted by atomic mass is 16.7. The minimum Gasteiger partial charge on any atom is -0.468 e. The highest BCUT2D eigenvalue weighted by molar-refractivity contribution is 5.76. The molecule has 1 saturated carbocycles. The number of esters is 1. The van der Waals surface area contributed by atoms with Crippen molar-refractivity contribution in [3.63, 3.8) is 0 Å². The zero-order valence-corrected chi connectivity index (χ0v) is 27.8. The van der Waals surface area contributed by atoms with E-state index in [0.29, 0.717) is 31.0 Å². The fourth-order valence-electron chi connectivity index (χ4n) is 7.57. The molecule has 1 aromatic carbocycles. The zero-order chi connectivity index (χ0) is 31.4. The molecule has 4 aliphatic rings. The monoisotopic (exact) mass is 624 g/mol. The van der Waals surface area contributed by atoms with Crippen LogP contribution in [0, 0.1) is 29.6 Å². The van der Waals surface area contributed by atoms with Crippen LogP contribution in [0.4, 0.5) is 0 Å². The molecular weight excluding hydrogens is 568 g/mol. The van der Waals surface area contributed by atoms with Crippen molar-refractivity contribution in [3.8, 4) is 0 Å². The predicted molar refractivity (Wildman–Crippen MR) is 174 cm³/mol. The van der Waals surface area contributed by atoms with E-state index in [1.165, 1.54) is 20.0 Å². The molecule has 5 rings (SSSR count). The number of fused-ring (bicyclic) bond motifs is 1. The average molecular weight is 625 g/mol. The van der Waals surface area contributed by atoms with E-state index in [-0.39, 0.29) is 36.7 Å². The summed E-state index contributed by atoms with van der Waals surface area (Å²) in [5.74, 6) is 0.660. The van der Waals surface area contributed by atoms with Gasteiger partial charge in [-0.15, -0.1) is 0 Å². The first-order valence-electron chi connectivity index (χ1n) is 17.7. The van der Waals surface area contributed by atoms with Crippen molar-refractivity contribution < 1.29 is 33.2 Å². The Kier molecular flexibility index (Phi) is 13.5. The average Bonchev–Trinajstić information content (AvgIpc) is 3.62. The summed E-state index contributed by atoms with van der Waals surface area (Å²) in [5, 5.41) is 0. The van der Waals surface area contributed by atoms with E-state index >= 15 is 0 Å². The number of hydrogen-bond acceptors (Lipinski definition) is 7. The van der Waals surface area contributed by atoms with Crippen LogP contribution in [-0.4, -0.2) is 57.7 Å². The van der Waals surface area contributed by atoms with Crippen LogP contribution in [0.2, 0.25) is 0 Å². The Morgan fingerprint density at radius 3 is 2.49 bits per heavy atom. The third-order valence-corrected chi connectivity index (χ3v) is 10.2. The largest absolute Gasteiger partial charge is 0.468 e. The molecule has 7 heteroatoms. The first-order valence-corrected chi connectivity index (χ1v) is 17.7. The Morgan fingerprint density at radius 2 is 1.80 bits per heavy atom. The van der Waals surface area contributed by atoms with Crippen LogP contribution in [0.1, 0.15) is 90.0 Å². The molecule has 0 bridgehead atoms. The summed E-state index contributed by atoms with van der Waals surface area (Å²) in [5.41, 5.74) is 2.23. The second-order valence-electron chi connectivity index (χ2n) is 13.5. The molecular formula is C38H56O7. The lowest BCUT2D eigenvalue weighted by atomic mass is 9.86. The summed E-state index contributed by atoms with van der Waals surface area (Å²) in [4.78, 5) is 13.0. The van der Waals surface area contributed by atoms with Crippen LogP contribution in [0.25, 0.3) is 0 Å². The van der Waals surface area contributed by atoms with Gasteiger partial charge in [-0.3, -0.25) is 4.79 Å². The summed E-state index contributed by atoms with van der Waals surface area (Å²) in [6.07, 6.45) is 18.5. The molecule has 1 aromatic rings. The van der Waals surface area contributed by atoms with E-state index in [4.69, 9.17) is 28.4 Å². The van der Waals surface area contributed by atoms with Gasteiger partial charge < -0.3 is 28.4 Å². The molecule has 0 radical (unpaired) electrons. The number of ether oxygens (including phenoxy) is 6. The highest BCUT2D eigenvalue weighted by Gasteiger charge is 2.47. The predicted octanol–water partition coefficient (Wildman–Crippen LogP) is 7.78. The molecule has 2 aliphatic carbocycles. The fraction of sp³-hybridized carbons (Fsp3) is 0.711. The molecule has 2 aliphatic heterocycles. The van der Waals surface area contributed by atoms with Crippen molar-refractivity contribution in [1.82, 2.24) is 0 Å². The van der Waals surface area contributed by atoms with Crippen molar-refractivity contribution in [1.29, 1.82) is 0 Å². The number of carbonyl (C=O) groups excluding carboxylic acids is 1. The van der Waals surface area contributed by atoms with Crippen molar-refractivity contribution in [3.05, 3.63) is 59.7 Å². The van der Waals surface area contributed by atoms with Crippen molar-refractivity contribution in [2.24, 2.45) is 29.6 Å². The number of methoxy groups -OCH3 is 1. The van der Waals surface area contributed by atoms with E-state index < -0.39 is 5.92 Å². The van der Waals surface area contributed by atoms with Gasteiger partial charge in [-0.25, -0.2) is 0 Å². The van der Waals surface area contributed by atoms with E-state index in [1.54, 1.807) is 0 Å². The Morgan fingerprint density at radius 1 is 1.04 bits per heavy atom. The van der Waals surface area contributed by atoms with E-state index in [0.717, 1.165) is 82.1 Å². The molecule has 45 heavy (non-hydrogen) atoms. The molecule has 250 valence electrons. The smallest absolute Gasteiger partial charge is 0.315 e. The van der Waals surface area contributed by atoms with Gasteiger partial charge in [-0.2, -0.15) is 0 Å². The number of hydrogen-bond donors (Lipinski definition) is 0. The van der Waals surface area contributed by atoms with Crippen molar-refractivity contribution in [2.75, 3.05) is 26.9 Å². The Labute approximate surface area is 271 Å². The quantitative estimate of drug-likeness (QED) is 0.137. The van der Waals surface area contributed by atoms with Crippen LogP contribution in [0.15, 0.2) is 54.1 Å². The number of allylic oxidation sites excluding steroid dienone is 1. The SMILES string of the molecule is CCCCC(C)[C@@H](/C=C/[C@@H]1[C@H]2CC(C(COCc3ccccc3)C(=O)OC)=C[C@H]2C[C@H]1OC1CCCCO1)OC1CCCCO1.